The van der Waals surface area contributed by atoms with Gasteiger partial charge >= 0.3 is 0 Å². The predicted molar refractivity (Wildman–Crippen MR) is 43.5 cm³/mol. The first-order chi connectivity index (χ1) is 5.35. The quantitative estimate of drug-likeness (QED) is 0.372. The molecule has 0 radical (unpaired) electrons. The molecular formula is C8H16O3. The summed E-state index contributed by atoms with van der Waals surface area (Å²) in [5, 5.41) is 7.57. The van der Waals surface area contributed by atoms with E-state index in [0.717, 1.165) is 13.2 Å². The van der Waals surface area contributed by atoms with E-state index in [-0.39, 0.29) is 6.61 Å². The van der Waals surface area contributed by atoms with Gasteiger partial charge < -0.3 is 14.6 Å². The Labute approximate surface area is 67.6 Å². The van der Waals surface area contributed by atoms with Crippen molar-refractivity contribution in [3.8, 4) is 0 Å². The van der Waals surface area contributed by atoms with Crippen LogP contribution in [0.4, 0.5) is 0 Å². The van der Waals surface area contributed by atoms with E-state index in [9.17, 15) is 0 Å². The summed E-state index contributed by atoms with van der Waals surface area (Å²) in [6.45, 7) is 7.68. The van der Waals surface area contributed by atoms with Gasteiger partial charge in [0.2, 0.25) is 0 Å². The molecule has 1 fully saturated rings. The Bertz CT molecular complexity index is 89.3. The van der Waals surface area contributed by atoms with Gasteiger partial charge in [-0.2, -0.15) is 0 Å². The Morgan fingerprint density at radius 1 is 1.82 bits per heavy atom. The highest BCUT2D eigenvalue weighted by molar-refractivity contribution is 4.70. The predicted octanol–water partition coefficient (Wildman–Crippen LogP) is 0.586. The molecule has 1 unspecified atom stereocenters. The van der Waals surface area contributed by atoms with Crippen molar-refractivity contribution in [2.75, 3.05) is 26.4 Å². The van der Waals surface area contributed by atoms with Crippen LogP contribution in [0.3, 0.4) is 0 Å². The van der Waals surface area contributed by atoms with Crippen LogP contribution in [0, 0.1) is 0 Å². The first-order valence-electron chi connectivity index (χ1n) is 3.76. The first kappa shape index (κ1) is 10.6. The molecule has 0 aliphatic carbocycles. The van der Waals surface area contributed by atoms with Gasteiger partial charge in [-0.1, -0.05) is 6.08 Å². The molecule has 1 aliphatic rings. The number of aliphatic hydroxyl groups excluding tert-OH is 1. The van der Waals surface area contributed by atoms with Crippen molar-refractivity contribution < 1.29 is 14.6 Å². The van der Waals surface area contributed by atoms with E-state index < -0.39 is 0 Å². The summed E-state index contributed by atoms with van der Waals surface area (Å²) in [6, 6.07) is 0. The van der Waals surface area contributed by atoms with Crippen LogP contribution in [0.5, 0.6) is 0 Å². The van der Waals surface area contributed by atoms with Crippen molar-refractivity contribution in [1.82, 2.24) is 0 Å². The van der Waals surface area contributed by atoms with E-state index in [2.05, 4.69) is 6.58 Å². The van der Waals surface area contributed by atoms with Crippen LogP contribution >= 0.6 is 0 Å². The zero-order valence-corrected chi connectivity index (χ0v) is 6.95. The van der Waals surface area contributed by atoms with E-state index in [1.807, 2.05) is 0 Å². The minimum atomic E-state index is 0.250. The second kappa shape index (κ2) is 7.72. The summed E-state index contributed by atoms with van der Waals surface area (Å²) in [5.74, 6) is 0. The Balaban J connectivity index is 0.000000292. The van der Waals surface area contributed by atoms with Gasteiger partial charge in [0.15, 0.2) is 0 Å². The molecule has 1 aliphatic heterocycles. The fourth-order valence-electron chi connectivity index (χ4n) is 0.447. The third-order valence-electron chi connectivity index (χ3n) is 0.942. The van der Waals surface area contributed by atoms with Gasteiger partial charge in [-0.15, -0.1) is 6.58 Å². The van der Waals surface area contributed by atoms with Crippen LogP contribution in [0.25, 0.3) is 0 Å². The standard InChI is InChI=1S/C6H10O2.C2H6O/c1-2-3-7-4-6-5-8-6;1-2-3/h2,6H,1,3-5H2;3H,2H2,1H3. The summed E-state index contributed by atoms with van der Waals surface area (Å²) in [6.07, 6.45) is 2.12. The molecule has 0 aromatic carbocycles. The van der Waals surface area contributed by atoms with Crippen LogP contribution < -0.4 is 0 Å². The maximum Gasteiger partial charge on any atom is 0.104 e. The highest BCUT2D eigenvalue weighted by Gasteiger charge is 2.21. The monoisotopic (exact) mass is 160 g/mol. The van der Waals surface area contributed by atoms with Gasteiger partial charge in [0.1, 0.15) is 6.10 Å². The topological polar surface area (TPSA) is 42.0 Å². The highest BCUT2D eigenvalue weighted by Crippen LogP contribution is 2.07. The zero-order valence-electron chi connectivity index (χ0n) is 6.95. The lowest BCUT2D eigenvalue weighted by Crippen LogP contribution is -2.00. The molecule has 3 heteroatoms. The van der Waals surface area contributed by atoms with Gasteiger partial charge in [-0.25, -0.2) is 0 Å². The summed E-state index contributed by atoms with van der Waals surface area (Å²) >= 11 is 0. The van der Waals surface area contributed by atoms with Crippen LogP contribution in [0.2, 0.25) is 0 Å². The van der Waals surface area contributed by atoms with Crippen molar-refractivity contribution in [3.63, 3.8) is 0 Å². The van der Waals surface area contributed by atoms with E-state index in [1.165, 1.54) is 0 Å². The Hall–Kier alpha value is -0.380. The largest absolute Gasteiger partial charge is 0.397 e. The molecule has 1 saturated heterocycles. The number of hydrogen-bond acceptors (Lipinski definition) is 3. The normalized spacial score (nSPS) is 20.0. The smallest absolute Gasteiger partial charge is 0.104 e. The second-order valence-electron chi connectivity index (χ2n) is 2.10. The lowest BCUT2D eigenvalue weighted by Gasteiger charge is -1.92. The van der Waals surface area contributed by atoms with Gasteiger partial charge in [0.25, 0.3) is 0 Å². The molecule has 3 nitrogen and oxygen atoms in total. The number of aliphatic hydroxyl groups is 1. The number of epoxide rings is 1. The van der Waals surface area contributed by atoms with E-state index >= 15 is 0 Å². The van der Waals surface area contributed by atoms with Crippen LogP contribution in [-0.4, -0.2) is 37.6 Å². The molecule has 1 rings (SSSR count). The highest BCUT2D eigenvalue weighted by atomic mass is 16.6. The van der Waals surface area contributed by atoms with Gasteiger partial charge in [0.05, 0.1) is 19.8 Å². The average molecular weight is 160 g/mol. The molecule has 0 amide bonds. The van der Waals surface area contributed by atoms with Crippen LogP contribution in [0.15, 0.2) is 12.7 Å². The fraction of sp³-hybridized carbons (Fsp3) is 0.750. The van der Waals surface area contributed by atoms with Crippen molar-refractivity contribution in [2.45, 2.75) is 13.0 Å². The Morgan fingerprint density at radius 2 is 2.36 bits per heavy atom. The van der Waals surface area contributed by atoms with Gasteiger partial charge in [-0.3, -0.25) is 0 Å². The number of ether oxygens (including phenoxy) is 2. The molecule has 66 valence electrons. The molecule has 11 heavy (non-hydrogen) atoms. The lowest BCUT2D eigenvalue weighted by molar-refractivity contribution is 0.141. The van der Waals surface area contributed by atoms with Crippen LogP contribution in [0.1, 0.15) is 6.92 Å². The second-order valence-corrected chi connectivity index (χ2v) is 2.10. The number of rotatable bonds is 4. The van der Waals surface area contributed by atoms with Crippen molar-refractivity contribution in [2.24, 2.45) is 0 Å². The molecular weight excluding hydrogens is 144 g/mol. The molecule has 1 atom stereocenters. The summed E-state index contributed by atoms with van der Waals surface area (Å²) in [5.41, 5.74) is 0. The minimum absolute atomic E-state index is 0.250. The minimum Gasteiger partial charge on any atom is -0.397 e. The van der Waals surface area contributed by atoms with Crippen LogP contribution in [-0.2, 0) is 9.47 Å². The molecule has 0 spiro atoms. The Morgan fingerprint density at radius 3 is 2.73 bits per heavy atom. The molecule has 1 heterocycles. The SMILES string of the molecule is C=CCOCC1CO1.CCO. The fourth-order valence-corrected chi connectivity index (χ4v) is 0.447. The summed E-state index contributed by atoms with van der Waals surface area (Å²) < 4.78 is 9.96. The van der Waals surface area contributed by atoms with Crippen molar-refractivity contribution in [1.29, 1.82) is 0 Å². The molecule has 1 N–H and O–H groups in total. The molecule has 0 saturated carbocycles. The van der Waals surface area contributed by atoms with Gasteiger partial charge in [0, 0.05) is 6.61 Å². The van der Waals surface area contributed by atoms with Gasteiger partial charge in [-0.05, 0) is 6.92 Å². The van der Waals surface area contributed by atoms with E-state index in [4.69, 9.17) is 14.6 Å². The maximum atomic E-state index is 7.57. The first-order valence-corrected chi connectivity index (χ1v) is 3.76. The van der Waals surface area contributed by atoms with E-state index in [0.29, 0.717) is 12.7 Å². The lowest BCUT2D eigenvalue weighted by atomic mass is 10.5. The van der Waals surface area contributed by atoms with Crippen molar-refractivity contribution >= 4 is 0 Å². The zero-order chi connectivity index (χ0) is 8.53. The number of hydrogen-bond donors (Lipinski definition) is 1. The summed E-state index contributed by atoms with van der Waals surface area (Å²) in [7, 11) is 0. The average Bonchev–Trinajstić information content (AvgIpc) is 2.74. The molecule has 0 bridgehead atoms. The summed E-state index contributed by atoms with van der Waals surface area (Å²) in [4.78, 5) is 0. The third-order valence-corrected chi connectivity index (χ3v) is 0.942. The molecule has 0 aromatic rings. The van der Waals surface area contributed by atoms with Crippen molar-refractivity contribution in [3.05, 3.63) is 12.7 Å². The Kier molecular flexibility index (Phi) is 7.46. The van der Waals surface area contributed by atoms with E-state index in [1.54, 1.807) is 13.0 Å². The molecule has 0 aromatic heterocycles. The maximum absolute atomic E-state index is 7.57. The third kappa shape index (κ3) is 9.62.